The minimum absolute atomic E-state index is 0.202. The lowest BCUT2D eigenvalue weighted by Gasteiger charge is -2.14. The Morgan fingerprint density at radius 1 is 1.32 bits per heavy atom. The van der Waals surface area contributed by atoms with E-state index in [2.05, 4.69) is 24.1 Å². The molecule has 0 bridgehead atoms. The zero-order chi connectivity index (χ0) is 14.1. The summed E-state index contributed by atoms with van der Waals surface area (Å²) in [5.41, 5.74) is 0.833. The number of ether oxygens (including phenoxy) is 1. The zero-order valence-electron chi connectivity index (χ0n) is 12.2. The number of hydrogen-bond acceptors (Lipinski definition) is 3. The Morgan fingerprint density at radius 3 is 2.79 bits per heavy atom. The van der Waals surface area contributed by atoms with Gasteiger partial charge in [-0.05, 0) is 32.9 Å². The van der Waals surface area contributed by atoms with Crippen molar-refractivity contribution in [3.8, 4) is 5.88 Å². The molecule has 0 aliphatic heterocycles. The van der Waals surface area contributed by atoms with E-state index in [0.717, 1.165) is 12.1 Å². The lowest BCUT2D eigenvalue weighted by molar-refractivity contribution is 0.197. The second-order valence-electron chi connectivity index (χ2n) is 4.89. The monoisotopic (exact) mass is 284 g/mol. The quantitative estimate of drug-likeness (QED) is 0.690. The Labute approximate surface area is 121 Å². The summed E-state index contributed by atoms with van der Waals surface area (Å²) in [5.74, 6) is 0.664. The van der Waals surface area contributed by atoms with Gasteiger partial charge in [0.2, 0.25) is 5.88 Å². The predicted octanol–water partition coefficient (Wildman–Crippen LogP) is 4.19. The average molecular weight is 285 g/mol. The average Bonchev–Trinajstić information content (AvgIpc) is 2.39. The van der Waals surface area contributed by atoms with Crippen LogP contribution in [0.1, 0.15) is 51.6 Å². The third kappa shape index (κ3) is 6.26. The molecule has 0 fully saturated rings. The standard InChI is InChI=1S/C15H25ClN2O/c1-4-5-6-7-8-12(2)19-15-10-9-13(16)14(18-15)11-17-3/h9-10,12,17H,4-8,11H2,1-3H3. The van der Waals surface area contributed by atoms with E-state index in [1.807, 2.05) is 19.2 Å². The minimum atomic E-state index is 0.202. The smallest absolute Gasteiger partial charge is 0.213 e. The van der Waals surface area contributed by atoms with Gasteiger partial charge in [-0.2, -0.15) is 0 Å². The van der Waals surface area contributed by atoms with Crippen LogP contribution in [0.15, 0.2) is 12.1 Å². The van der Waals surface area contributed by atoms with Crippen molar-refractivity contribution >= 4 is 11.6 Å². The molecule has 0 amide bonds. The number of unbranched alkanes of at least 4 members (excludes halogenated alkanes) is 3. The van der Waals surface area contributed by atoms with E-state index in [1.165, 1.54) is 25.7 Å². The van der Waals surface area contributed by atoms with Gasteiger partial charge in [0.1, 0.15) is 0 Å². The van der Waals surface area contributed by atoms with Crippen molar-refractivity contribution in [1.29, 1.82) is 0 Å². The summed E-state index contributed by atoms with van der Waals surface area (Å²) in [6, 6.07) is 3.68. The number of nitrogens with zero attached hydrogens (tertiary/aromatic N) is 1. The first kappa shape index (κ1) is 16.3. The molecule has 0 spiro atoms. The molecule has 108 valence electrons. The normalized spacial score (nSPS) is 12.4. The van der Waals surface area contributed by atoms with E-state index in [0.29, 0.717) is 17.4 Å². The molecule has 4 heteroatoms. The van der Waals surface area contributed by atoms with Gasteiger partial charge in [0, 0.05) is 12.6 Å². The molecular weight excluding hydrogens is 260 g/mol. The summed E-state index contributed by atoms with van der Waals surface area (Å²) < 4.78 is 5.84. The first-order chi connectivity index (χ1) is 9.17. The first-order valence-electron chi connectivity index (χ1n) is 7.14. The van der Waals surface area contributed by atoms with Crippen LogP contribution in [0.3, 0.4) is 0 Å². The highest BCUT2D eigenvalue weighted by atomic mass is 35.5. The number of pyridine rings is 1. The van der Waals surface area contributed by atoms with Crippen molar-refractivity contribution in [2.45, 2.75) is 58.6 Å². The third-order valence-electron chi connectivity index (χ3n) is 3.02. The molecule has 0 aliphatic carbocycles. The molecule has 1 aromatic rings. The molecule has 1 aromatic heterocycles. The van der Waals surface area contributed by atoms with Crippen molar-refractivity contribution in [3.05, 3.63) is 22.8 Å². The lowest BCUT2D eigenvalue weighted by Crippen LogP contribution is -2.14. The van der Waals surface area contributed by atoms with E-state index in [1.54, 1.807) is 0 Å². The van der Waals surface area contributed by atoms with E-state index in [9.17, 15) is 0 Å². The molecule has 1 unspecified atom stereocenters. The molecule has 0 aliphatic rings. The van der Waals surface area contributed by atoms with Crippen LogP contribution in [0.25, 0.3) is 0 Å². The fourth-order valence-electron chi connectivity index (χ4n) is 1.95. The molecule has 1 heterocycles. The molecule has 0 aromatic carbocycles. The maximum atomic E-state index is 6.07. The molecule has 0 saturated heterocycles. The number of halogens is 1. The van der Waals surface area contributed by atoms with E-state index in [-0.39, 0.29) is 6.10 Å². The van der Waals surface area contributed by atoms with Crippen LogP contribution in [0.2, 0.25) is 5.02 Å². The summed E-state index contributed by atoms with van der Waals surface area (Å²) in [4.78, 5) is 4.43. The Balaban J connectivity index is 2.45. The molecular formula is C15H25ClN2O. The van der Waals surface area contributed by atoms with Crippen LogP contribution >= 0.6 is 11.6 Å². The number of aromatic nitrogens is 1. The van der Waals surface area contributed by atoms with Crippen LogP contribution in [-0.4, -0.2) is 18.1 Å². The second kappa shape index (κ2) is 9.16. The first-order valence-corrected chi connectivity index (χ1v) is 7.51. The third-order valence-corrected chi connectivity index (χ3v) is 3.37. The predicted molar refractivity (Wildman–Crippen MR) is 80.9 cm³/mol. The van der Waals surface area contributed by atoms with Crippen molar-refractivity contribution < 1.29 is 4.74 Å². The highest BCUT2D eigenvalue weighted by Crippen LogP contribution is 2.19. The molecule has 1 N–H and O–H groups in total. The van der Waals surface area contributed by atoms with Crippen molar-refractivity contribution in [2.24, 2.45) is 0 Å². The molecule has 1 rings (SSSR count). The van der Waals surface area contributed by atoms with Gasteiger partial charge in [0.05, 0.1) is 16.8 Å². The van der Waals surface area contributed by atoms with Crippen LogP contribution in [0.5, 0.6) is 5.88 Å². The second-order valence-corrected chi connectivity index (χ2v) is 5.29. The van der Waals surface area contributed by atoms with Crippen molar-refractivity contribution in [1.82, 2.24) is 10.3 Å². The Bertz CT molecular complexity index is 371. The van der Waals surface area contributed by atoms with Crippen molar-refractivity contribution in [3.63, 3.8) is 0 Å². The fourth-order valence-corrected chi connectivity index (χ4v) is 2.12. The van der Waals surface area contributed by atoms with E-state index in [4.69, 9.17) is 16.3 Å². The van der Waals surface area contributed by atoms with Gasteiger partial charge in [-0.3, -0.25) is 0 Å². The van der Waals surface area contributed by atoms with Crippen molar-refractivity contribution in [2.75, 3.05) is 7.05 Å². The maximum Gasteiger partial charge on any atom is 0.213 e. The molecule has 19 heavy (non-hydrogen) atoms. The Morgan fingerprint density at radius 2 is 2.11 bits per heavy atom. The summed E-state index contributed by atoms with van der Waals surface area (Å²) in [7, 11) is 1.88. The maximum absolute atomic E-state index is 6.07. The van der Waals surface area contributed by atoms with Crippen LogP contribution < -0.4 is 10.1 Å². The molecule has 0 radical (unpaired) electrons. The zero-order valence-corrected chi connectivity index (χ0v) is 13.0. The summed E-state index contributed by atoms with van der Waals surface area (Å²) in [5, 5.41) is 3.73. The molecule has 3 nitrogen and oxygen atoms in total. The van der Waals surface area contributed by atoms with Crippen LogP contribution in [0, 0.1) is 0 Å². The SMILES string of the molecule is CCCCCCC(C)Oc1ccc(Cl)c(CNC)n1. The lowest BCUT2D eigenvalue weighted by atomic mass is 10.1. The van der Waals surface area contributed by atoms with E-state index >= 15 is 0 Å². The van der Waals surface area contributed by atoms with Crippen LogP contribution in [0.4, 0.5) is 0 Å². The van der Waals surface area contributed by atoms with Gasteiger partial charge in [0.15, 0.2) is 0 Å². The largest absolute Gasteiger partial charge is 0.475 e. The van der Waals surface area contributed by atoms with Gasteiger partial charge >= 0.3 is 0 Å². The highest BCUT2D eigenvalue weighted by Gasteiger charge is 2.08. The van der Waals surface area contributed by atoms with Gasteiger partial charge < -0.3 is 10.1 Å². The van der Waals surface area contributed by atoms with E-state index < -0.39 is 0 Å². The summed E-state index contributed by atoms with van der Waals surface area (Å²) in [6.07, 6.45) is 6.34. The Hall–Kier alpha value is -0.800. The molecule has 1 atom stereocenters. The molecule has 0 saturated carbocycles. The van der Waals surface area contributed by atoms with Gasteiger partial charge in [-0.1, -0.05) is 37.8 Å². The highest BCUT2D eigenvalue weighted by molar-refractivity contribution is 6.31. The topological polar surface area (TPSA) is 34.1 Å². The Kier molecular flexibility index (Phi) is 7.84. The minimum Gasteiger partial charge on any atom is -0.475 e. The number of hydrogen-bond donors (Lipinski definition) is 1. The van der Waals surface area contributed by atoms with Gasteiger partial charge in [-0.15, -0.1) is 0 Å². The number of nitrogens with one attached hydrogen (secondary N) is 1. The summed E-state index contributed by atoms with van der Waals surface area (Å²) in [6.45, 7) is 4.97. The van der Waals surface area contributed by atoms with Gasteiger partial charge in [0.25, 0.3) is 0 Å². The summed E-state index contributed by atoms with van der Waals surface area (Å²) >= 11 is 6.07. The van der Waals surface area contributed by atoms with Gasteiger partial charge in [-0.25, -0.2) is 4.98 Å². The number of rotatable bonds is 9. The fraction of sp³-hybridized carbons (Fsp3) is 0.667. The van der Waals surface area contributed by atoms with Crippen LogP contribution in [-0.2, 0) is 6.54 Å².